The zero-order valence-corrected chi connectivity index (χ0v) is 10.2. The van der Waals surface area contributed by atoms with Gasteiger partial charge < -0.3 is 9.47 Å². The molecule has 0 saturated carbocycles. The number of Topliss-reactive ketones (excluding diaryl/α,β-unsaturated/α-hetero) is 1. The summed E-state index contributed by atoms with van der Waals surface area (Å²) in [6, 6.07) is 0. The molecule has 1 heterocycles. The van der Waals surface area contributed by atoms with Gasteiger partial charge in [-0.3, -0.25) is 9.59 Å². The molecule has 0 N–H and O–H groups in total. The molecular weight excluding hydrogens is 224 g/mol. The molecular formula is C12H16O5. The molecule has 0 fully saturated rings. The van der Waals surface area contributed by atoms with E-state index in [0.717, 1.165) is 0 Å². The highest BCUT2D eigenvalue weighted by Gasteiger charge is 2.43. The maximum Gasteiger partial charge on any atom is 0.338 e. The first-order chi connectivity index (χ1) is 8.06. The van der Waals surface area contributed by atoms with Crippen molar-refractivity contribution in [3.05, 3.63) is 11.3 Å². The minimum Gasteiger partial charge on any atom is -0.463 e. The lowest BCUT2D eigenvalue weighted by atomic mass is 9.93. The summed E-state index contributed by atoms with van der Waals surface area (Å²) in [5.74, 6) is -2.48. The molecule has 0 aromatic carbocycles. The molecule has 1 unspecified atom stereocenters. The lowest BCUT2D eigenvalue weighted by molar-refractivity contribution is -0.146. The van der Waals surface area contributed by atoms with Crippen LogP contribution in [0.2, 0.25) is 0 Å². The van der Waals surface area contributed by atoms with Crippen molar-refractivity contribution in [2.45, 2.75) is 33.6 Å². The summed E-state index contributed by atoms with van der Waals surface area (Å²) in [6.45, 7) is 5.25. The number of hydrogen-bond acceptors (Lipinski definition) is 5. The van der Waals surface area contributed by atoms with E-state index in [4.69, 9.17) is 9.47 Å². The zero-order valence-electron chi connectivity index (χ0n) is 10.2. The summed E-state index contributed by atoms with van der Waals surface area (Å²) in [6.07, 6.45) is 0.563. The molecule has 0 spiro atoms. The van der Waals surface area contributed by atoms with Crippen LogP contribution in [0.4, 0.5) is 0 Å². The molecule has 0 aliphatic carbocycles. The van der Waals surface area contributed by atoms with Crippen molar-refractivity contribution >= 4 is 17.7 Å². The third-order valence-electron chi connectivity index (χ3n) is 2.54. The van der Waals surface area contributed by atoms with Crippen molar-refractivity contribution in [3.63, 3.8) is 0 Å². The van der Waals surface area contributed by atoms with Crippen molar-refractivity contribution in [1.29, 1.82) is 0 Å². The van der Waals surface area contributed by atoms with Crippen molar-refractivity contribution in [3.8, 4) is 0 Å². The molecule has 1 atom stereocenters. The maximum absolute atomic E-state index is 11.7. The summed E-state index contributed by atoms with van der Waals surface area (Å²) in [4.78, 5) is 35.0. The zero-order chi connectivity index (χ0) is 13.0. The van der Waals surface area contributed by atoms with Crippen LogP contribution < -0.4 is 0 Å². The van der Waals surface area contributed by atoms with Crippen LogP contribution in [0.3, 0.4) is 0 Å². The second-order valence-corrected chi connectivity index (χ2v) is 3.58. The van der Waals surface area contributed by atoms with Crippen molar-refractivity contribution in [1.82, 2.24) is 0 Å². The van der Waals surface area contributed by atoms with Gasteiger partial charge in [0.2, 0.25) is 0 Å². The number of rotatable bonds is 5. The number of ether oxygens (including phenoxy) is 2. The molecule has 1 aliphatic heterocycles. The fourth-order valence-electron chi connectivity index (χ4n) is 1.71. The van der Waals surface area contributed by atoms with Gasteiger partial charge in [0.05, 0.1) is 12.2 Å². The first kappa shape index (κ1) is 13.4. The highest BCUT2D eigenvalue weighted by atomic mass is 16.6. The summed E-state index contributed by atoms with van der Waals surface area (Å²) in [7, 11) is 0. The van der Waals surface area contributed by atoms with Gasteiger partial charge in [-0.05, 0) is 6.92 Å². The van der Waals surface area contributed by atoms with E-state index in [0.29, 0.717) is 6.42 Å². The van der Waals surface area contributed by atoms with Crippen LogP contribution in [0.15, 0.2) is 11.3 Å². The lowest BCUT2D eigenvalue weighted by Gasteiger charge is -2.08. The average molecular weight is 240 g/mol. The van der Waals surface area contributed by atoms with Gasteiger partial charge in [-0.2, -0.15) is 0 Å². The van der Waals surface area contributed by atoms with E-state index in [1.54, 1.807) is 20.8 Å². The number of ketones is 1. The summed E-state index contributed by atoms with van der Waals surface area (Å²) in [5, 5.41) is 0. The summed E-state index contributed by atoms with van der Waals surface area (Å²) in [5.41, 5.74) is 0.0752. The quantitative estimate of drug-likeness (QED) is 0.536. The van der Waals surface area contributed by atoms with Gasteiger partial charge >= 0.3 is 11.9 Å². The van der Waals surface area contributed by atoms with E-state index in [2.05, 4.69) is 0 Å². The molecule has 0 radical (unpaired) electrons. The molecule has 0 amide bonds. The summed E-state index contributed by atoms with van der Waals surface area (Å²) < 4.78 is 9.80. The predicted molar refractivity (Wildman–Crippen MR) is 58.8 cm³/mol. The lowest BCUT2D eigenvalue weighted by Crippen LogP contribution is -2.26. The Kier molecular flexibility index (Phi) is 4.43. The predicted octanol–water partition coefficient (Wildman–Crippen LogP) is 1.37. The van der Waals surface area contributed by atoms with Gasteiger partial charge in [0.25, 0.3) is 0 Å². The molecule has 17 heavy (non-hydrogen) atoms. The molecule has 5 heteroatoms. The Morgan fingerprint density at radius 3 is 2.41 bits per heavy atom. The van der Waals surface area contributed by atoms with E-state index in [1.807, 2.05) is 0 Å². The van der Waals surface area contributed by atoms with Crippen molar-refractivity contribution < 1.29 is 23.9 Å². The minimum atomic E-state index is -1.10. The van der Waals surface area contributed by atoms with Gasteiger partial charge in [0.1, 0.15) is 5.76 Å². The third kappa shape index (κ3) is 2.54. The number of carbonyl (C=O) groups is 3. The number of allylic oxidation sites excluding steroid dienone is 1. The Labute approximate surface area is 99.8 Å². The number of cyclic esters (lactones) is 1. The van der Waals surface area contributed by atoms with E-state index < -0.39 is 17.9 Å². The van der Waals surface area contributed by atoms with Crippen LogP contribution >= 0.6 is 0 Å². The van der Waals surface area contributed by atoms with Crippen molar-refractivity contribution in [2.24, 2.45) is 5.92 Å². The van der Waals surface area contributed by atoms with E-state index >= 15 is 0 Å². The highest BCUT2D eigenvalue weighted by Crippen LogP contribution is 2.31. The second-order valence-electron chi connectivity index (χ2n) is 3.58. The maximum atomic E-state index is 11.7. The SMILES string of the molecule is CCOC(=O)C1=C(CC)OC(=O)C1C(=O)CC. The third-order valence-corrected chi connectivity index (χ3v) is 2.54. The number of hydrogen-bond donors (Lipinski definition) is 0. The van der Waals surface area contributed by atoms with Gasteiger partial charge in [0, 0.05) is 12.8 Å². The molecule has 0 bridgehead atoms. The Morgan fingerprint density at radius 2 is 1.94 bits per heavy atom. The van der Waals surface area contributed by atoms with Crippen LogP contribution in [0.1, 0.15) is 33.6 Å². The smallest absolute Gasteiger partial charge is 0.338 e. The Balaban J connectivity index is 3.10. The fraction of sp³-hybridized carbons (Fsp3) is 0.583. The normalized spacial score (nSPS) is 19.2. The number of esters is 2. The van der Waals surface area contributed by atoms with E-state index in [-0.39, 0.29) is 30.1 Å². The van der Waals surface area contributed by atoms with E-state index in [9.17, 15) is 14.4 Å². The van der Waals surface area contributed by atoms with Gasteiger partial charge in [-0.15, -0.1) is 0 Å². The monoisotopic (exact) mass is 240 g/mol. The van der Waals surface area contributed by atoms with Crippen LogP contribution in [0.5, 0.6) is 0 Å². The average Bonchev–Trinajstić information content (AvgIpc) is 2.65. The van der Waals surface area contributed by atoms with Crippen molar-refractivity contribution in [2.75, 3.05) is 6.61 Å². The fourth-order valence-corrected chi connectivity index (χ4v) is 1.71. The molecule has 1 rings (SSSR count). The van der Waals surface area contributed by atoms with Crippen LogP contribution in [-0.2, 0) is 23.9 Å². The first-order valence-electron chi connectivity index (χ1n) is 5.71. The molecule has 5 nitrogen and oxygen atoms in total. The molecule has 1 aliphatic rings. The van der Waals surface area contributed by atoms with Gasteiger partial charge in [-0.25, -0.2) is 4.79 Å². The van der Waals surface area contributed by atoms with E-state index in [1.165, 1.54) is 0 Å². The highest BCUT2D eigenvalue weighted by molar-refractivity contribution is 6.12. The van der Waals surface area contributed by atoms with Crippen LogP contribution in [-0.4, -0.2) is 24.3 Å². The molecule has 94 valence electrons. The molecule has 0 aromatic heterocycles. The molecule has 0 aromatic rings. The van der Waals surface area contributed by atoms with Gasteiger partial charge in [0.15, 0.2) is 11.7 Å². The Hall–Kier alpha value is -1.65. The number of carbonyl (C=O) groups excluding carboxylic acids is 3. The largest absolute Gasteiger partial charge is 0.463 e. The van der Waals surface area contributed by atoms with Gasteiger partial charge in [-0.1, -0.05) is 13.8 Å². The standard InChI is InChI=1S/C12H16O5/c1-4-7(13)9-10(11(14)16-6-3)8(5-2)17-12(9)15/h9H,4-6H2,1-3H3. The molecule has 0 saturated heterocycles. The summed E-state index contributed by atoms with van der Waals surface area (Å²) >= 11 is 0. The first-order valence-corrected chi connectivity index (χ1v) is 5.71. The van der Waals surface area contributed by atoms with Crippen LogP contribution in [0, 0.1) is 5.92 Å². The minimum absolute atomic E-state index is 0.0752. The van der Waals surface area contributed by atoms with Crippen LogP contribution in [0.25, 0.3) is 0 Å². The Bertz CT molecular complexity index is 380. The Morgan fingerprint density at radius 1 is 1.29 bits per heavy atom. The topological polar surface area (TPSA) is 69.7 Å². The second kappa shape index (κ2) is 5.61.